The Morgan fingerprint density at radius 2 is 2.06 bits per heavy atom. The van der Waals surface area contributed by atoms with Gasteiger partial charge in [-0.3, -0.25) is 9.20 Å². The number of carbonyl (C=O) groups excluding carboxylic acids is 1. The Hall–Kier alpha value is -1.56. The van der Waals surface area contributed by atoms with Gasteiger partial charge in [-0.25, -0.2) is 4.98 Å². The maximum absolute atomic E-state index is 12.5. The molecule has 0 spiro atoms. The van der Waals surface area contributed by atoms with Crippen LogP contribution in [0.5, 0.6) is 0 Å². The quantitative estimate of drug-likeness (QED) is 0.740. The highest BCUT2D eigenvalue weighted by Gasteiger charge is 2.31. The molecule has 0 aliphatic heterocycles. The van der Waals surface area contributed by atoms with Gasteiger partial charge in [0.15, 0.2) is 10.9 Å². The molecule has 0 radical (unpaired) electrons. The number of hydrogen-bond donors (Lipinski definition) is 0. The summed E-state index contributed by atoms with van der Waals surface area (Å²) in [5, 5.41) is -0.100. The van der Waals surface area contributed by atoms with Crippen LogP contribution < -0.4 is 0 Å². The fourth-order valence-corrected chi connectivity index (χ4v) is 1.81. The van der Waals surface area contributed by atoms with E-state index in [1.54, 1.807) is 0 Å². The van der Waals surface area contributed by atoms with E-state index in [2.05, 4.69) is 4.98 Å². The molecule has 0 bridgehead atoms. The summed E-state index contributed by atoms with van der Waals surface area (Å²) in [5.74, 6) is -0.443. The molecule has 2 aromatic heterocycles. The molecular weight excluding hydrogens is 257 g/mol. The van der Waals surface area contributed by atoms with E-state index in [1.165, 1.54) is 13.0 Å². The highest BCUT2D eigenvalue weighted by Crippen LogP contribution is 2.30. The second kappa shape index (κ2) is 3.73. The van der Waals surface area contributed by atoms with Crippen molar-refractivity contribution < 1.29 is 18.0 Å². The molecule has 0 atom stereocenters. The number of halogens is 4. The lowest BCUT2D eigenvalue weighted by atomic mass is 10.2. The molecule has 2 aromatic rings. The predicted molar refractivity (Wildman–Crippen MR) is 55.2 cm³/mol. The zero-order valence-corrected chi connectivity index (χ0v) is 9.30. The first kappa shape index (κ1) is 11.9. The predicted octanol–water partition coefficient (Wildman–Crippen LogP) is 3.21. The topological polar surface area (TPSA) is 34.4 Å². The summed E-state index contributed by atoms with van der Waals surface area (Å²) in [6.07, 6.45) is -3.66. The van der Waals surface area contributed by atoms with Crippen LogP contribution in [0.15, 0.2) is 18.3 Å². The number of fused-ring (bicyclic) bond motifs is 1. The van der Waals surface area contributed by atoms with E-state index in [0.29, 0.717) is 0 Å². The molecule has 0 unspecified atom stereocenters. The van der Waals surface area contributed by atoms with Crippen molar-refractivity contribution in [2.45, 2.75) is 13.1 Å². The van der Waals surface area contributed by atoms with Crippen molar-refractivity contribution in [1.29, 1.82) is 0 Å². The van der Waals surface area contributed by atoms with Crippen molar-refractivity contribution in [3.05, 3.63) is 34.7 Å². The van der Waals surface area contributed by atoms with E-state index < -0.39 is 17.5 Å². The maximum Gasteiger partial charge on any atom is 0.417 e. The second-order valence-electron chi connectivity index (χ2n) is 3.45. The van der Waals surface area contributed by atoms with Crippen LogP contribution in [0.25, 0.3) is 5.65 Å². The van der Waals surface area contributed by atoms with E-state index in [-0.39, 0.29) is 16.5 Å². The number of hydrogen-bond acceptors (Lipinski definition) is 2. The molecule has 0 fully saturated rings. The van der Waals surface area contributed by atoms with Crippen LogP contribution in [0, 0.1) is 0 Å². The lowest BCUT2D eigenvalue weighted by molar-refractivity contribution is -0.137. The van der Waals surface area contributed by atoms with Gasteiger partial charge in [-0.2, -0.15) is 13.2 Å². The summed E-state index contributed by atoms with van der Waals surface area (Å²) in [5.41, 5.74) is -0.706. The molecule has 0 aliphatic rings. The zero-order chi connectivity index (χ0) is 12.8. The van der Waals surface area contributed by atoms with E-state index in [4.69, 9.17) is 11.6 Å². The number of aromatic nitrogens is 2. The summed E-state index contributed by atoms with van der Waals surface area (Å²) >= 11 is 5.70. The van der Waals surface area contributed by atoms with Gasteiger partial charge < -0.3 is 0 Å². The molecule has 0 aromatic carbocycles. The fourth-order valence-electron chi connectivity index (χ4n) is 1.50. The smallest absolute Gasteiger partial charge is 0.295 e. The van der Waals surface area contributed by atoms with E-state index in [1.807, 2.05) is 0 Å². The third-order valence-electron chi connectivity index (χ3n) is 2.24. The SMILES string of the molecule is CC(=O)c1c(Cl)nc2ccc(C(F)(F)F)cn12. The molecule has 0 saturated carbocycles. The number of carbonyl (C=O) groups is 1. The summed E-state index contributed by atoms with van der Waals surface area (Å²) in [6.45, 7) is 1.22. The Bertz CT molecular complexity index is 603. The molecule has 17 heavy (non-hydrogen) atoms. The van der Waals surface area contributed by atoms with Gasteiger partial charge in [0.05, 0.1) is 5.56 Å². The highest BCUT2D eigenvalue weighted by atomic mass is 35.5. The largest absolute Gasteiger partial charge is 0.417 e. The molecular formula is C10H6ClF3N2O. The molecule has 3 nitrogen and oxygen atoms in total. The molecule has 0 amide bonds. The Morgan fingerprint density at radius 1 is 1.41 bits per heavy atom. The standard InChI is InChI=1S/C10H6ClF3N2O/c1-5(17)8-9(11)15-7-3-2-6(4-16(7)8)10(12,13)14/h2-4H,1H3. The van der Waals surface area contributed by atoms with Crippen LogP contribution >= 0.6 is 11.6 Å². The average molecular weight is 263 g/mol. The van der Waals surface area contributed by atoms with Crippen molar-refractivity contribution in [3.8, 4) is 0 Å². The minimum atomic E-state index is -4.47. The van der Waals surface area contributed by atoms with Crippen LogP contribution in [-0.2, 0) is 6.18 Å². The van der Waals surface area contributed by atoms with Crippen LogP contribution in [0.2, 0.25) is 5.15 Å². The highest BCUT2D eigenvalue weighted by molar-refractivity contribution is 6.32. The van der Waals surface area contributed by atoms with Gasteiger partial charge in [-0.05, 0) is 12.1 Å². The monoisotopic (exact) mass is 262 g/mol. The van der Waals surface area contributed by atoms with Crippen LogP contribution in [-0.4, -0.2) is 15.2 Å². The lowest BCUT2D eigenvalue weighted by Gasteiger charge is -2.07. The maximum atomic E-state index is 12.5. The number of rotatable bonds is 1. The minimum Gasteiger partial charge on any atom is -0.295 e. The van der Waals surface area contributed by atoms with Crippen molar-refractivity contribution in [2.75, 3.05) is 0 Å². The third-order valence-corrected chi connectivity index (χ3v) is 2.50. The summed E-state index contributed by atoms with van der Waals surface area (Å²) in [6, 6.07) is 2.06. The van der Waals surface area contributed by atoms with Crippen molar-refractivity contribution in [2.24, 2.45) is 0 Å². The lowest BCUT2D eigenvalue weighted by Crippen LogP contribution is -2.08. The molecule has 7 heteroatoms. The van der Waals surface area contributed by atoms with Crippen molar-refractivity contribution in [1.82, 2.24) is 9.38 Å². The van der Waals surface area contributed by atoms with Crippen molar-refractivity contribution >= 4 is 23.0 Å². The number of imidazole rings is 1. The van der Waals surface area contributed by atoms with Gasteiger partial charge in [0, 0.05) is 13.1 Å². The number of pyridine rings is 1. The number of nitrogens with zero attached hydrogens (tertiary/aromatic N) is 2. The van der Waals surface area contributed by atoms with Crippen molar-refractivity contribution in [3.63, 3.8) is 0 Å². The Labute approximate surface area is 98.8 Å². The van der Waals surface area contributed by atoms with E-state index in [0.717, 1.165) is 16.7 Å². The molecule has 90 valence electrons. The summed E-state index contributed by atoms with van der Waals surface area (Å²) in [7, 11) is 0. The molecule has 0 N–H and O–H groups in total. The van der Waals surface area contributed by atoms with Gasteiger partial charge in [0.1, 0.15) is 11.3 Å². The van der Waals surface area contributed by atoms with Gasteiger partial charge in [-0.1, -0.05) is 11.6 Å². The Kier molecular flexibility index (Phi) is 2.61. The average Bonchev–Trinajstić information content (AvgIpc) is 2.50. The number of ketones is 1. The zero-order valence-electron chi connectivity index (χ0n) is 8.55. The Morgan fingerprint density at radius 3 is 2.59 bits per heavy atom. The molecule has 2 rings (SSSR count). The van der Waals surface area contributed by atoms with Gasteiger partial charge in [0.2, 0.25) is 0 Å². The summed E-state index contributed by atoms with van der Waals surface area (Å²) in [4.78, 5) is 15.1. The van der Waals surface area contributed by atoms with E-state index >= 15 is 0 Å². The fraction of sp³-hybridized carbons (Fsp3) is 0.200. The molecule has 2 heterocycles. The molecule has 0 saturated heterocycles. The van der Waals surface area contributed by atoms with Gasteiger partial charge >= 0.3 is 6.18 Å². The Balaban J connectivity index is 2.75. The van der Waals surface area contributed by atoms with Gasteiger partial charge in [-0.15, -0.1) is 0 Å². The first-order chi connectivity index (χ1) is 7.80. The first-order valence-electron chi connectivity index (χ1n) is 4.56. The second-order valence-corrected chi connectivity index (χ2v) is 3.81. The first-order valence-corrected chi connectivity index (χ1v) is 4.94. The van der Waals surface area contributed by atoms with Crippen LogP contribution in [0.3, 0.4) is 0 Å². The van der Waals surface area contributed by atoms with Crippen LogP contribution in [0.4, 0.5) is 13.2 Å². The van der Waals surface area contributed by atoms with E-state index in [9.17, 15) is 18.0 Å². The normalized spacial score (nSPS) is 12.1. The third kappa shape index (κ3) is 2.00. The van der Waals surface area contributed by atoms with Gasteiger partial charge in [0.25, 0.3) is 0 Å². The summed E-state index contributed by atoms with van der Waals surface area (Å²) < 4.78 is 38.6. The molecule has 0 aliphatic carbocycles. The minimum absolute atomic E-state index is 0.0484. The van der Waals surface area contributed by atoms with Crippen LogP contribution in [0.1, 0.15) is 23.0 Å². The number of alkyl halides is 3. The number of Topliss-reactive ketones (excluding diaryl/α,β-unsaturated/α-hetero) is 1.